The van der Waals surface area contributed by atoms with Crippen LogP contribution in [0.25, 0.3) is 0 Å². The third-order valence-electron chi connectivity index (χ3n) is 5.49. The number of hydrogen-bond acceptors (Lipinski definition) is 6. The van der Waals surface area contributed by atoms with Gasteiger partial charge in [0.25, 0.3) is 5.91 Å². The number of piperazine rings is 1. The van der Waals surface area contributed by atoms with E-state index in [0.29, 0.717) is 42.6 Å². The minimum atomic E-state index is -0.477. The Hall–Kier alpha value is -2.77. The summed E-state index contributed by atoms with van der Waals surface area (Å²) in [6.45, 7) is 2.61. The molecular weight excluding hydrogens is 394 g/mol. The average molecular weight is 416 g/mol. The summed E-state index contributed by atoms with van der Waals surface area (Å²) in [5.41, 5.74) is 1.25. The minimum absolute atomic E-state index is 0.152. The van der Waals surface area contributed by atoms with Gasteiger partial charge in [-0.3, -0.25) is 14.5 Å². The van der Waals surface area contributed by atoms with Crippen LogP contribution >= 0.6 is 11.6 Å². The number of carbonyl (C=O) groups is 2. The van der Waals surface area contributed by atoms with E-state index >= 15 is 0 Å². The Labute approximate surface area is 174 Å². The molecule has 1 N–H and O–H groups in total. The lowest BCUT2D eigenvalue weighted by molar-refractivity contribution is -0.123. The summed E-state index contributed by atoms with van der Waals surface area (Å²) >= 11 is 6.16. The Morgan fingerprint density at radius 2 is 1.79 bits per heavy atom. The number of aromatic hydroxyl groups is 1. The maximum atomic E-state index is 13.0. The first-order chi connectivity index (χ1) is 14.0. The van der Waals surface area contributed by atoms with Crippen LogP contribution in [0.5, 0.6) is 11.5 Å². The van der Waals surface area contributed by atoms with Crippen LogP contribution in [0.4, 0.5) is 11.4 Å². The lowest BCUT2D eigenvalue weighted by atomic mass is 10.1. The molecule has 2 aliphatic rings. The van der Waals surface area contributed by atoms with Crippen molar-refractivity contribution in [2.45, 2.75) is 12.5 Å². The van der Waals surface area contributed by atoms with Crippen LogP contribution in [0.1, 0.15) is 6.42 Å². The van der Waals surface area contributed by atoms with E-state index in [1.54, 1.807) is 30.3 Å². The zero-order valence-electron chi connectivity index (χ0n) is 16.0. The molecule has 2 heterocycles. The molecule has 2 aliphatic heterocycles. The molecule has 2 aromatic carbocycles. The fourth-order valence-electron chi connectivity index (χ4n) is 3.97. The summed E-state index contributed by atoms with van der Waals surface area (Å²) in [6.07, 6.45) is 0.152. The Kier molecular flexibility index (Phi) is 5.34. The highest BCUT2D eigenvalue weighted by Crippen LogP contribution is 2.33. The third kappa shape index (κ3) is 3.63. The summed E-state index contributed by atoms with van der Waals surface area (Å²) in [6, 6.07) is 11.6. The van der Waals surface area contributed by atoms with Gasteiger partial charge in [-0.2, -0.15) is 0 Å². The van der Waals surface area contributed by atoms with Crippen molar-refractivity contribution in [2.24, 2.45) is 0 Å². The number of carbonyl (C=O) groups excluding carboxylic acids is 2. The number of methoxy groups -OCH3 is 1. The molecular formula is C21H22ClN3O4. The normalized spacial score (nSPS) is 20.4. The topological polar surface area (TPSA) is 73.3 Å². The quantitative estimate of drug-likeness (QED) is 0.773. The smallest absolute Gasteiger partial charge is 0.251 e. The number of amides is 2. The lowest BCUT2D eigenvalue weighted by Gasteiger charge is -2.38. The number of imide groups is 1. The third-order valence-corrected chi connectivity index (χ3v) is 5.79. The van der Waals surface area contributed by atoms with Gasteiger partial charge in [0, 0.05) is 26.2 Å². The molecule has 0 aromatic heterocycles. The zero-order valence-corrected chi connectivity index (χ0v) is 16.8. The number of benzene rings is 2. The first kappa shape index (κ1) is 19.5. The molecule has 0 spiro atoms. The molecule has 0 bridgehead atoms. The number of anilines is 2. The Morgan fingerprint density at radius 3 is 2.45 bits per heavy atom. The number of phenolic OH excluding ortho intramolecular Hbond substituents is 1. The van der Waals surface area contributed by atoms with E-state index in [9.17, 15) is 14.7 Å². The second-order valence-corrected chi connectivity index (χ2v) is 7.53. The van der Waals surface area contributed by atoms with Gasteiger partial charge >= 0.3 is 0 Å². The molecule has 2 amide bonds. The van der Waals surface area contributed by atoms with Crippen molar-refractivity contribution in [3.05, 3.63) is 47.5 Å². The predicted molar refractivity (Wildman–Crippen MR) is 111 cm³/mol. The lowest BCUT2D eigenvalue weighted by Crippen LogP contribution is -2.52. The predicted octanol–water partition coefficient (Wildman–Crippen LogP) is 2.51. The van der Waals surface area contributed by atoms with E-state index in [-0.39, 0.29) is 24.0 Å². The molecule has 1 unspecified atom stereocenters. The van der Waals surface area contributed by atoms with Gasteiger partial charge in [0.1, 0.15) is 11.5 Å². The molecule has 7 nitrogen and oxygen atoms in total. The van der Waals surface area contributed by atoms with Gasteiger partial charge in [-0.15, -0.1) is 0 Å². The van der Waals surface area contributed by atoms with Crippen LogP contribution < -0.4 is 14.5 Å². The standard InChI is InChI=1S/C21H22ClN3O4/c1-29-19-7-6-14(12-15(19)22)25-20(27)13-17(21(25)28)24-10-8-23(9-11-24)16-4-2-3-5-18(16)26/h2-7,12,17,26H,8-11,13H2,1H3. The van der Waals surface area contributed by atoms with E-state index in [1.165, 1.54) is 12.0 Å². The van der Waals surface area contributed by atoms with Crippen LogP contribution in [0.2, 0.25) is 5.02 Å². The van der Waals surface area contributed by atoms with Crippen molar-refractivity contribution in [1.82, 2.24) is 4.90 Å². The highest BCUT2D eigenvalue weighted by atomic mass is 35.5. The van der Waals surface area contributed by atoms with Gasteiger partial charge in [0.05, 0.1) is 36.0 Å². The fourth-order valence-corrected chi connectivity index (χ4v) is 4.22. The number of ether oxygens (including phenoxy) is 1. The van der Waals surface area contributed by atoms with Crippen molar-refractivity contribution in [2.75, 3.05) is 43.1 Å². The zero-order chi connectivity index (χ0) is 20.5. The average Bonchev–Trinajstić information content (AvgIpc) is 3.02. The number of halogens is 1. The molecule has 4 rings (SSSR count). The molecule has 2 aromatic rings. The Balaban J connectivity index is 1.46. The molecule has 8 heteroatoms. The van der Waals surface area contributed by atoms with Crippen LogP contribution in [0, 0.1) is 0 Å². The number of phenols is 1. The van der Waals surface area contributed by atoms with Crippen molar-refractivity contribution in [3.63, 3.8) is 0 Å². The molecule has 29 heavy (non-hydrogen) atoms. The molecule has 0 radical (unpaired) electrons. The second kappa shape index (κ2) is 7.93. The number of para-hydroxylation sites is 2. The van der Waals surface area contributed by atoms with Gasteiger partial charge in [-0.25, -0.2) is 4.90 Å². The van der Waals surface area contributed by atoms with Gasteiger partial charge in [0.2, 0.25) is 5.91 Å². The monoisotopic (exact) mass is 415 g/mol. The molecule has 152 valence electrons. The second-order valence-electron chi connectivity index (χ2n) is 7.12. The molecule has 0 saturated carbocycles. The molecule has 0 aliphatic carbocycles. The fraction of sp³-hybridized carbons (Fsp3) is 0.333. The maximum Gasteiger partial charge on any atom is 0.251 e. The first-order valence-corrected chi connectivity index (χ1v) is 9.84. The largest absolute Gasteiger partial charge is 0.506 e. The summed E-state index contributed by atoms with van der Waals surface area (Å²) in [5.74, 6) is 0.276. The molecule has 2 fully saturated rings. The van der Waals surface area contributed by atoms with Crippen molar-refractivity contribution < 1.29 is 19.4 Å². The van der Waals surface area contributed by atoms with Crippen LogP contribution in [-0.4, -0.2) is 61.2 Å². The number of rotatable bonds is 4. The summed E-state index contributed by atoms with van der Waals surface area (Å²) in [7, 11) is 1.51. The van der Waals surface area contributed by atoms with Gasteiger partial charge in [-0.05, 0) is 30.3 Å². The molecule has 2 saturated heterocycles. The number of nitrogens with zero attached hydrogens (tertiary/aromatic N) is 3. The Bertz CT molecular complexity index is 943. The molecule has 1 atom stereocenters. The van der Waals surface area contributed by atoms with Crippen molar-refractivity contribution >= 4 is 34.8 Å². The van der Waals surface area contributed by atoms with E-state index in [1.807, 2.05) is 17.0 Å². The van der Waals surface area contributed by atoms with Crippen LogP contribution in [-0.2, 0) is 9.59 Å². The summed E-state index contributed by atoms with van der Waals surface area (Å²) in [4.78, 5) is 31.0. The van der Waals surface area contributed by atoms with E-state index in [4.69, 9.17) is 16.3 Å². The van der Waals surface area contributed by atoms with Crippen molar-refractivity contribution in [3.8, 4) is 11.5 Å². The maximum absolute atomic E-state index is 13.0. The van der Waals surface area contributed by atoms with E-state index < -0.39 is 6.04 Å². The van der Waals surface area contributed by atoms with Gasteiger partial charge in [-0.1, -0.05) is 23.7 Å². The van der Waals surface area contributed by atoms with Crippen molar-refractivity contribution in [1.29, 1.82) is 0 Å². The highest BCUT2D eigenvalue weighted by Gasteiger charge is 2.43. The van der Waals surface area contributed by atoms with Crippen LogP contribution in [0.3, 0.4) is 0 Å². The van der Waals surface area contributed by atoms with Gasteiger partial charge in [0.15, 0.2) is 0 Å². The van der Waals surface area contributed by atoms with Crippen LogP contribution in [0.15, 0.2) is 42.5 Å². The highest BCUT2D eigenvalue weighted by molar-refractivity contribution is 6.33. The van der Waals surface area contributed by atoms with E-state index in [2.05, 4.69) is 4.90 Å². The number of hydrogen-bond donors (Lipinski definition) is 1. The van der Waals surface area contributed by atoms with Gasteiger partial charge < -0.3 is 14.7 Å². The van der Waals surface area contributed by atoms with E-state index in [0.717, 1.165) is 5.69 Å². The summed E-state index contributed by atoms with van der Waals surface area (Å²) in [5, 5.41) is 10.4. The Morgan fingerprint density at radius 1 is 1.07 bits per heavy atom. The first-order valence-electron chi connectivity index (χ1n) is 9.47. The SMILES string of the molecule is COc1ccc(N2C(=O)CC(N3CCN(c4ccccc4O)CC3)C2=O)cc1Cl. The summed E-state index contributed by atoms with van der Waals surface area (Å²) < 4.78 is 5.14. The minimum Gasteiger partial charge on any atom is -0.506 e.